The number of benzene rings is 1. The zero-order valence-electron chi connectivity index (χ0n) is 20.3. The summed E-state index contributed by atoms with van der Waals surface area (Å²) in [6, 6.07) is 6.78. The Hall–Kier alpha value is -3.30. The fraction of sp³-hybridized carbons (Fsp3) is 0.423. The van der Waals surface area contributed by atoms with Gasteiger partial charge in [-0.05, 0) is 51.4 Å². The van der Waals surface area contributed by atoms with E-state index in [1.807, 2.05) is 20.2 Å². The van der Waals surface area contributed by atoms with E-state index in [0.29, 0.717) is 42.3 Å². The Labute approximate surface area is 202 Å². The second-order valence-electron chi connectivity index (χ2n) is 9.31. The van der Waals surface area contributed by atoms with Crippen LogP contribution < -0.4 is 10.3 Å². The molecule has 0 atom stereocenters. The van der Waals surface area contributed by atoms with Gasteiger partial charge in [0.05, 0.1) is 17.6 Å². The van der Waals surface area contributed by atoms with Gasteiger partial charge in [-0.25, -0.2) is 23.6 Å². The van der Waals surface area contributed by atoms with Crippen molar-refractivity contribution in [1.29, 1.82) is 0 Å². The number of halogens is 1. The third-order valence-corrected chi connectivity index (χ3v) is 6.65. The number of rotatable bonds is 7. The van der Waals surface area contributed by atoms with Crippen LogP contribution in [0.3, 0.4) is 0 Å². The van der Waals surface area contributed by atoms with Crippen molar-refractivity contribution in [2.75, 3.05) is 40.5 Å². The van der Waals surface area contributed by atoms with Gasteiger partial charge >= 0.3 is 0 Å². The molecule has 0 aliphatic carbocycles. The summed E-state index contributed by atoms with van der Waals surface area (Å²) in [6.45, 7) is 2.75. The minimum atomic E-state index is -0.387. The molecule has 35 heavy (non-hydrogen) atoms. The number of pyridine rings is 1. The quantitative estimate of drug-likeness (QED) is 0.377. The lowest BCUT2D eigenvalue weighted by atomic mass is 9.91. The van der Waals surface area contributed by atoms with Gasteiger partial charge in [-0.15, -0.1) is 0 Å². The van der Waals surface area contributed by atoms with E-state index >= 15 is 4.39 Å². The van der Waals surface area contributed by atoms with Gasteiger partial charge in [0.2, 0.25) is 5.88 Å². The highest BCUT2D eigenvalue weighted by Crippen LogP contribution is 2.34. The van der Waals surface area contributed by atoms with Crippen molar-refractivity contribution in [3.05, 3.63) is 58.5 Å². The number of aromatic nitrogens is 4. The summed E-state index contributed by atoms with van der Waals surface area (Å²) in [5.41, 5.74) is 3.05. The van der Waals surface area contributed by atoms with E-state index in [0.717, 1.165) is 42.3 Å². The number of ether oxygens (including phenoxy) is 2. The first-order valence-electron chi connectivity index (χ1n) is 11.9. The van der Waals surface area contributed by atoms with Crippen LogP contribution in [-0.2, 0) is 11.8 Å². The summed E-state index contributed by atoms with van der Waals surface area (Å²) < 4.78 is 29.7. The lowest BCUT2D eigenvalue weighted by Gasteiger charge is -2.21. The molecule has 0 bridgehead atoms. The highest BCUT2D eigenvalue weighted by atomic mass is 19.1. The predicted octanol–water partition coefficient (Wildman–Crippen LogP) is 3.61. The fourth-order valence-electron chi connectivity index (χ4n) is 4.78. The van der Waals surface area contributed by atoms with Crippen LogP contribution in [0.15, 0.2) is 41.6 Å². The highest BCUT2D eigenvalue weighted by Gasteiger charge is 2.26. The summed E-state index contributed by atoms with van der Waals surface area (Å²) in [5.74, 6) is 0.216. The number of hydrogen-bond acceptors (Lipinski definition) is 6. The normalized spacial score (nSPS) is 14.9. The van der Waals surface area contributed by atoms with Crippen LogP contribution >= 0.6 is 0 Å². The first-order chi connectivity index (χ1) is 16.9. The smallest absolute Gasteiger partial charge is 0.270 e. The third kappa shape index (κ3) is 4.53. The molecule has 0 N–H and O–H groups in total. The number of fused-ring (bicyclic) bond motifs is 3. The maximum atomic E-state index is 15.2. The largest absolute Gasteiger partial charge is 0.478 e. The summed E-state index contributed by atoms with van der Waals surface area (Å²) in [4.78, 5) is 24.1. The van der Waals surface area contributed by atoms with E-state index < -0.39 is 0 Å². The highest BCUT2D eigenvalue weighted by molar-refractivity contribution is 5.98. The van der Waals surface area contributed by atoms with E-state index in [-0.39, 0.29) is 17.3 Å². The molecule has 0 unspecified atom stereocenters. The van der Waals surface area contributed by atoms with Gasteiger partial charge in [0.25, 0.3) is 5.56 Å². The van der Waals surface area contributed by atoms with Gasteiger partial charge < -0.3 is 14.4 Å². The SMILES string of the molecule is CN(C)CCCOc1ccc(-c2cc3c(cc2F)ncn2c3c(C3CCOCC3)c(=O)n2C)cn1. The van der Waals surface area contributed by atoms with Crippen LogP contribution in [0.2, 0.25) is 0 Å². The van der Waals surface area contributed by atoms with E-state index in [9.17, 15) is 4.79 Å². The summed E-state index contributed by atoms with van der Waals surface area (Å²) in [5, 5.41) is 0.743. The monoisotopic (exact) mass is 479 g/mol. The molecule has 184 valence electrons. The molecule has 4 heterocycles. The van der Waals surface area contributed by atoms with Crippen LogP contribution in [0.4, 0.5) is 4.39 Å². The maximum absolute atomic E-state index is 15.2. The van der Waals surface area contributed by atoms with Crippen molar-refractivity contribution in [3.8, 4) is 17.0 Å². The summed E-state index contributed by atoms with van der Waals surface area (Å²) in [6.07, 6.45) is 5.67. The minimum absolute atomic E-state index is 0.0467. The Balaban J connectivity index is 1.55. The molecule has 9 heteroatoms. The van der Waals surface area contributed by atoms with E-state index in [4.69, 9.17) is 9.47 Å². The Bertz CT molecular complexity index is 1410. The first kappa shape index (κ1) is 23.4. The van der Waals surface area contributed by atoms with Crippen molar-refractivity contribution in [2.45, 2.75) is 25.2 Å². The maximum Gasteiger partial charge on any atom is 0.270 e. The molecule has 0 radical (unpaired) electrons. The molecular formula is C26H30FN5O3. The van der Waals surface area contributed by atoms with Gasteiger partial charge in [-0.2, -0.15) is 0 Å². The predicted molar refractivity (Wildman–Crippen MR) is 133 cm³/mol. The van der Waals surface area contributed by atoms with E-state index in [1.54, 1.807) is 40.9 Å². The molecule has 0 spiro atoms. The topological polar surface area (TPSA) is 73.9 Å². The molecule has 1 aliphatic heterocycles. The fourth-order valence-corrected chi connectivity index (χ4v) is 4.78. The molecule has 4 aromatic rings. The number of aryl methyl sites for hydroxylation is 1. The Morgan fingerprint density at radius 2 is 2.00 bits per heavy atom. The van der Waals surface area contributed by atoms with Gasteiger partial charge in [0.15, 0.2) is 0 Å². The minimum Gasteiger partial charge on any atom is -0.478 e. The van der Waals surface area contributed by atoms with Crippen molar-refractivity contribution in [3.63, 3.8) is 0 Å². The van der Waals surface area contributed by atoms with Gasteiger partial charge in [-0.1, -0.05) is 0 Å². The second kappa shape index (κ2) is 9.75. The standard InChI is InChI=1S/C26H30FN5O3/c1-30(2)9-4-10-35-23-6-5-18(15-28-23)19-13-20-22(14-21(19)27)29-16-32-25(20)24(26(33)31(32)3)17-7-11-34-12-8-17/h5-6,13-17H,4,7-12H2,1-3H3. The van der Waals surface area contributed by atoms with Gasteiger partial charge in [-0.3, -0.25) is 4.79 Å². The van der Waals surface area contributed by atoms with Crippen LogP contribution in [0, 0.1) is 5.82 Å². The number of hydrogen-bond donors (Lipinski definition) is 0. The molecule has 5 rings (SSSR count). The molecule has 8 nitrogen and oxygen atoms in total. The van der Waals surface area contributed by atoms with E-state index in [1.165, 1.54) is 6.07 Å². The summed E-state index contributed by atoms with van der Waals surface area (Å²) >= 11 is 0. The average Bonchev–Trinajstić information content (AvgIpc) is 3.12. The lowest BCUT2D eigenvalue weighted by molar-refractivity contribution is 0.0854. The van der Waals surface area contributed by atoms with Crippen molar-refractivity contribution in [1.82, 2.24) is 24.1 Å². The molecule has 0 saturated carbocycles. The lowest BCUT2D eigenvalue weighted by Crippen LogP contribution is -2.22. The zero-order chi connectivity index (χ0) is 24.5. The Morgan fingerprint density at radius 1 is 1.20 bits per heavy atom. The van der Waals surface area contributed by atoms with Crippen LogP contribution in [-0.4, -0.2) is 64.5 Å². The van der Waals surface area contributed by atoms with Crippen LogP contribution in [0.25, 0.3) is 27.5 Å². The molecule has 0 amide bonds. The van der Waals surface area contributed by atoms with Crippen molar-refractivity contribution < 1.29 is 13.9 Å². The van der Waals surface area contributed by atoms with Gasteiger partial charge in [0.1, 0.15) is 12.1 Å². The van der Waals surface area contributed by atoms with Crippen molar-refractivity contribution in [2.24, 2.45) is 7.05 Å². The molecular weight excluding hydrogens is 449 g/mol. The molecule has 1 aromatic carbocycles. The van der Waals surface area contributed by atoms with Gasteiger partial charge in [0, 0.05) is 67.2 Å². The molecule has 1 aliphatic rings. The van der Waals surface area contributed by atoms with Crippen molar-refractivity contribution >= 4 is 16.4 Å². The molecule has 3 aromatic heterocycles. The molecule has 1 fully saturated rings. The molecule has 1 saturated heterocycles. The van der Waals surface area contributed by atoms with E-state index in [2.05, 4.69) is 14.9 Å². The second-order valence-corrected chi connectivity index (χ2v) is 9.31. The third-order valence-electron chi connectivity index (χ3n) is 6.65. The zero-order valence-corrected chi connectivity index (χ0v) is 20.3. The Morgan fingerprint density at radius 3 is 2.71 bits per heavy atom. The summed E-state index contributed by atoms with van der Waals surface area (Å²) in [7, 11) is 5.77. The Kier molecular flexibility index (Phi) is 6.53. The average molecular weight is 480 g/mol. The van der Waals surface area contributed by atoms with Crippen LogP contribution in [0.5, 0.6) is 5.88 Å². The number of nitrogens with zero attached hydrogens (tertiary/aromatic N) is 5. The first-order valence-corrected chi connectivity index (χ1v) is 11.9. The van der Waals surface area contributed by atoms with Crippen LogP contribution in [0.1, 0.15) is 30.7 Å².